The summed E-state index contributed by atoms with van der Waals surface area (Å²) in [4.78, 5) is 14.3. The van der Waals surface area contributed by atoms with Crippen molar-refractivity contribution >= 4 is 5.91 Å². The van der Waals surface area contributed by atoms with Crippen molar-refractivity contribution in [2.45, 2.75) is 38.6 Å². The Balaban J connectivity index is 1.80. The van der Waals surface area contributed by atoms with E-state index in [9.17, 15) is 4.79 Å². The highest BCUT2D eigenvalue weighted by molar-refractivity contribution is 5.78. The van der Waals surface area contributed by atoms with Crippen LogP contribution in [-0.4, -0.2) is 30.4 Å². The predicted molar refractivity (Wildman–Crippen MR) is 77.9 cm³/mol. The molecule has 1 aromatic carbocycles. The first kappa shape index (κ1) is 14.1. The number of rotatable bonds is 4. The topological polar surface area (TPSA) is 32.3 Å². The van der Waals surface area contributed by atoms with Gasteiger partial charge in [-0.25, -0.2) is 0 Å². The van der Waals surface area contributed by atoms with Gasteiger partial charge in [0.25, 0.3) is 0 Å². The van der Waals surface area contributed by atoms with Crippen molar-refractivity contribution in [1.29, 1.82) is 0 Å². The summed E-state index contributed by atoms with van der Waals surface area (Å²) >= 11 is 0. The van der Waals surface area contributed by atoms with E-state index in [2.05, 4.69) is 22.3 Å². The van der Waals surface area contributed by atoms with Crippen LogP contribution >= 0.6 is 0 Å². The highest BCUT2D eigenvalue weighted by Crippen LogP contribution is 2.12. The van der Waals surface area contributed by atoms with Crippen LogP contribution < -0.4 is 5.32 Å². The van der Waals surface area contributed by atoms with E-state index in [0.717, 1.165) is 18.7 Å². The summed E-state index contributed by atoms with van der Waals surface area (Å²) in [6, 6.07) is 10.2. The van der Waals surface area contributed by atoms with E-state index in [4.69, 9.17) is 0 Å². The molecular weight excluding hydrogens is 236 g/mol. The second kappa shape index (κ2) is 7.29. The molecule has 1 aliphatic rings. The minimum absolute atomic E-state index is 0.0840. The van der Waals surface area contributed by atoms with Gasteiger partial charge in [-0.1, -0.05) is 43.2 Å². The maximum Gasteiger partial charge on any atom is 0.234 e. The van der Waals surface area contributed by atoms with Crippen LogP contribution in [0.1, 0.15) is 44.2 Å². The fraction of sp³-hybridized carbons (Fsp3) is 0.562. The number of hydrogen-bond acceptors (Lipinski definition) is 2. The number of carbonyl (C=O) groups excluding carboxylic acids is 1. The van der Waals surface area contributed by atoms with Crippen molar-refractivity contribution < 1.29 is 4.79 Å². The lowest BCUT2D eigenvalue weighted by molar-refractivity contribution is -0.122. The minimum atomic E-state index is 0.0840. The Kier molecular flexibility index (Phi) is 5.40. The SMILES string of the molecule is C[C@H](NC(=O)CN1CCCCCC1)c1ccccc1. The number of benzene rings is 1. The molecule has 19 heavy (non-hydrogen) atoms. The Hall–Kier alpha value is -1.35. The number of amides is 1. The molecule has 0 aromatic heterocycles. The highest BCUT2D eigenvalue weighted by Gasteiger charge is 2.14. The van der Waals surface area contributed by atoms with E-state index in [-0.39, 0.29) is 11.9 Å². The summed E-state index contributed by atoms with van der Waals surface area (Å²) in [5.74, 6) is 0.137. The van der Waals surface area contributed by atoms with Crippen molar-refractivity contribution in [2.24, 2.45) is 0 Å². The van der Waals surface area contributed by atoms with E-state index >= 15 is 0 Å². The van der Waals surface area contributed by atoms with Gasteiger partial charge < -0.3 is 5.32 Å². The summed E-state index contributed by atoms with van der Waals surface area (Å²) in [6.07, 6.45) is 5.06. The molecule has 0 unspecified atom stereocenters. The molecule has 0 saturated carbocycles. The van der Waals surface area contributed by atoms with Gasteiger partial charge in [-0.15, -0.1) is 0 Å². The normalized spacial score (nSPS) is 18.6. The van der Waals surface area contributed by atoms with Gasteiger partial charge in [0.15, 0.2) is 0 Å². The summed E-state index contributed by atoms with van der Waals surface area (Å²) in [6.45, 7) is 4.70. The van der Waals surface area contributed by atoms with E-state index < -0.39 is 0 Å². The van der Waals surface area contributed by atoms with Crippen molar-refractivity contribution in [1.82, 2.24) is 10.2 Å². The quantitative estimate of drug-likeness (QED) is 0.903. The number of hydrogen-bond donors (Lipinski definition) is 1. The first-order valence-electron chi connectivity index (χ1n) is 7.32. The molecule has 1 aliphatic heterocycles. The molecule has 1 saturated heterocycles. The number of nitrogens with zero attached hydrogens (tertiary/aromatic N) is 1. The summed E-state index contributed by atoms with van der Waals surface area (Å²) < 4.78 is 0. The number of nitrogens with one attached hydrogen (secondary N) is 1. The zero-order valence-corrected chi connectivity index (χ0v) is 11.8. The average molecular weight is 260 g/mol. The molecular formula is C16H24N2O. The van der Waals surface area contributed by atoms with Gasteiger partial charge in [0, 0.05) is 0 Å². The van der Waals surface area contributed by atoms with Gasteiger partial charge in [0.1, 0.15) is 0 Å². The molecule has 3 heteroatoms. The Morgan fingerprint density at radius 1 is 1.16 bits per heavy atom. The largest absolute Gasteiger partial charge is 0.348 e. The van der Waals surface area contributed by atoms with Crippen LogP contribution in [0.2, 0.25) is 0 Å². The van der Waals surface area contributed by atoms with Crippen LogP contribution in [0.3, 0.4) is 0 Å². The van der Waals surface area contributed by atoms with Gasteiger partial charge in [-0.05, 0) is 38.4 Å². The third-order valence-electron chi connectivity index (χ3n) is 3.74. The Morgan fingerprint density at radius 2 is 1.79 bits per heavy atom. The predicted octanol–water partition coefficient (Wildman–Crippen LogP) is 2.74. The van der Waals surface area contributed by atoms with Gasteiger partial charge in [0.2, 0.25) is 5.91 Å². The van der Waals surface area contributed by atoms with Gasteiger partial charge in [-0.2, -0.15) is 0 Å². The third kappa shape index (κ3) is 4.67. The summed E-state index contributed by atoms with van der Waals surface area (Å²) in [5.41, 5.74) is 1.16. The van der Waals surface area contributed by atoms with Crippen LogP contribution in [0.4, 0.5) is 0 Å². The van der Waals surface area contributed by atoms with Crippen LogP contribution in [0.15, 0.2) is 30.3 Å². The fourth-order valence-corrected chi connectivity index (χ4v) is 2.61. The zero-order valence-electron chi connectivity index (χ0n) is 11.8. The van der Waals surface area contributed by atoms with Gasteiger partial charge in [-0.3, -0.25) is 9.69 Å². The average Bonchev–Trinajstić information content (AvgIpc) is 2.68. The van der Waals surface area contributed by atoms with Crippen LogP contribution in [0.25, 0.3) is 0 Å². The van der Waals surface area contributed by atoms with Crippen LogP contribution in [0.5, 0.6) is 0 Å². The molecule has 1 fully saturated rings. The fourth-order valence-electron chi connectivity index (χ4n) is 2.61. The van der Waals surface area contributed by atoms with Crippen LogP contribution in [0, 0.1) is 0 Å². The maximum absolute atomic E-state index is 12.1. The standard InChI is InChI=1S/C16H24N2O/c1-14(15-9-5-4-6-10-15)17-16(19)13-18-11-7-2-3-8-12-18/h4-6,9-10,14H,2-3,7-8,11-13H2,1H3,(H,17,19)/t14-/m0/s1. The molecule has 1 N–H and O–H groups in total. The Morgan fingerprint density at radius 3 is 2.42 bits per heavy atom. The van der Waals surface area contributed by atoms with Crippen molar-refractivity contribution in [3.05, 3.63) is 35.9 Å². The second-order valence-corrected chi connectivity index (χ2v) is 5.39. The molecule has 0 bridgehead atoms. The lowest BCUT2D eigenvalue weighted by Crippen LogP contribution is -2.38. The molecule has 0 spiro atoms. The molecule has 0 radical (unpaired) electrons. The molecule has 1 atom stereocenters. The van der Waals surface area contributed by atoms with Crippen molar-refractivity contribution in [3.63, 3.8) is 0 Å². The molecule has 1 amide bonds. The Labute approximate surface area is 116 Å². The summed E-state index contributed by atoms with van der Waals surface area (Å²) in [5, 5.41) is 3.08. The van der Waals surface area contributed by atoms with Crippen LogP contribution in [-0.2, 0) is 4.79 Å². The smallest absolute Gasteiger partial charge is 0.234 e. The molecule has 104 valence electrons. The lowest BCUT2D eigenvalue weighted by atomic mass is 10.1. The number of carbonyl (C=O) groups is 1. The van der Waals surface area contributed by atoms with E-state index in [0.29, 0.717) is 6.54 Å². The first-order valence-corrected chi connectivity index (χ1v) is 7.32. The molecule has 1 aromatic rings. The van der Waals surface area contributed by atoms with Crippen molar-refractivity contribution in [2.75, 3.05) is 19.6 Å². The van der Waals surface area contributed by atoms with E-state index in [1.807, 2.05) is 25.1 Å². The molecule has 2 rings (SSSR count). The summed E-state index contributed by atoms with van der Waals surface area (Å²) in [7, 11) is 0. The highest BCUT2D eigenvalue weighted by atomic mass is 16.2. The second-order valence-electron chi connectivity index (χ2n) is 5.39. The van der Waals surface area contributed by atoms with Gasteiger partial charge >= 0.3 is 0 Å². The van der Waals surface area contributed by atoms with Gasteiger partial charge in [0.05, 0.1) is 12.6 Å². The van der Waals surface area contributed by atoms with E-state index in [1.165, 1.54) is 25.7 Å². The van der Waals surface area contributed by atoms with E-state index in [1.54, 1.807) is 0 Å². The molecule has 3 nitrogen and oxygen atoms in total. The van der Waals surface area contributed by atoms with Crippen molar-refractivity contribution in [3.8, 4) is 0 Å². The lowest BCUT2D eigenvalue weighted by Gasteiger charge is -2.21. The molecule has 0 aliphatic carbocycles. The monoisotopic (exact) mass is 260 g/mol. The molecule has 1 heterocycles. The number of likely N-dealkylation sites (tertiary alicyclic amines) is 1. The third-order valence-corrected chi connectivity index (χ3v) is 3.74. The minimum Gasteiger partial charge on any atom is -0.348 e. The maximum atomic E-state index is 12.1. The Bertz CT molecular complexity index is 383. The zero-order chi connectivity index (χ0) is 13.5. The first-order chi connectivity index (χ1) is 9.25.